The maximum atomic E-state index is 14.4. The maximum Gasteiger partial charge on any atom is 0.132 e. The first kappa shape index (κ1) is 16.9. The van der Waals surface area contributed by atoms with Crippen LogP contribution in [-0.4, -0.2) is 39.3 Å². The fraction of sp³-hybridized carbons (Fsp3) is 0.333. The predicted octanol–water partition coefficient (Wildman–Crippen LogP) is 4.04. The van der Waals surface area contributed by atoms with Crippen molar-refractivity contribution in [2.75, 3.05) is 19.6 Å². The van der Waals surface area contributed by atoms with Crippen LogP contribution in [0, 0.1) is 11.9 Å². The van der Waals surface area contributed by atoms with Crippen molar-refractivity contribution in [1.29, 1.82) is 0 Å². The second kappa shape index (κ2) is 7.79. The summed E-state index contributed by atoms with van der Waals surface area (Å²) >= 11 is 0. The lowest BCUT2D eigenvalue weighted by atomic mass is 10.0. The van der Waals surface area contributed by atoms with E-state index in [-0.39, 0.29) is 5.82 Å². The van der Waals surface area contributed by atoms with E-state index in [0.29, 0.717) is 11.3 Å². The third-order valence-corrected chi connectivity index (χ3v) is 4.91. The van der Waals surface area contributed by atoms with Gasteiger partial charge in [0.15, 0.2) is 0 Å². The van der Waals surface area contributed by atoms with E-state index in [1.54, 1.807) is 24.5 Å². The number of pyridine rings is 1. The highest BCUT2D eigenvalue weighted by molar-refractivity contribution is 5.80. The standard InChI is InChI=1S/C21H22FN4/c22-20-7-3-2-6-18(20)21-19(17-8-10-23-11-9-17)16-26(24-21)15-14-25-12-4-1-5-13-25/h3,6-11,16H,1,4-5,12-15H2. The second-order valence-corrected chi connectivity index (χ2v) is 6.70. The van der Waals surface area contributed by atoms with Crippen LogP contribution in [0.15, 0.2) is 48.9 Å². The lowest BCUT2D eigenvalue weighted by Gasteiger charge is -2.26. The molecule has 0 atom stereocenters. The molecule has 0 N–H and O–H groups in total. The Morgan fingerprint density at radius 2 is 1.81 bits per heavy atom. The van der Waals surface area contributed by atoms with E-state index in [9.17, 15) is 4.39 Å². The van der Waals surface area contributed by atoms with E-state index >= 15 is 0 Å². The van der Waals surface area contributed by atoms with Crippen molar-refractivity contribution in [3.8, 4) is 22.4 Å². The molecule has 4 rings (SSSR count). The third-order valence-electron chi connectivity index (χ3n) is 4.91. The molecule has 3 aromatic rings. The van der Waals surface area contributed by atoms with Crippen LogP contribution in [0.1, 0.15) is 19.3 Å². The SMILES string of the molecule is Fc1cc[c]cc1-c1nn(CCN2CCCCC2)cc1-c1ccncc1. The minimum Gasteiger partial charge on any atom is -0.301 e. The van der Waals surface area contributed by atoms with Crippen LogP contribution in [0.25, 0.3) is 22.4 Å². The Labute approximate surface area is 153 Å². The van der Waals surface area contributed by atoms with E-state index in [0.717, 1.165) is 37.3 Å². The number of hydrogen-bond donors (Lipinski definition) is 0. The summed E-state index contributed by atoms with van der Waals surface area (Å²) in [6, 6.07) is 11.5. The Morgan fingerprint density at radius 1 is 1.00 bits per heavy atom. The largest absolute Gasteiger partial charge is 0.301 e. The summed E-state index contributed by atoms with van der Waals surface area (Å²) in [5.74, 6) is -0.277. The van der Waals surface area contributed by atoms with Gasteiger partial charge in [0, 0.05) is 36.3 Å². The molecule has 0 saturated carbocycles. The number of hydrogen-bond acceptors (Lipinski definition) is 3. The molecule has 133 valence electrons. The number of likely N-dealkylation sites (tertiary alicyclic amines) is 1. The lowest BCUT2D eigenvalue weighted by Crippen LogP contribution is -2.32. The minimum atomic E-state index is -0.277. The lowest BCUT2D eigenvalue weighted by molar-refractivity contribution is 0.218. The number of piperidine rings is 1. The van der Waals surface area contributed by atoms with Crippen LogP contribution in [0.2, 0.25) is 0 Å². The number of nitrogens with zero attached hydrogens (tertiary/aromatic N) is 4. The van der Waals surface area contributed by atoms with Gasteiger partial charge in [-0.2, -0.15) is 5.10 Å². The van der Waals surface area contributed by atoms with Crippen molar-refractivity contribution >= 4 is 0 Å². The molecule has 3 heterocycles. The van der Waals surface area contributed by atoms with E-state index in [1.165, 1.54) is 25.3 Å². The zero-order chi connectivity index (χ0) is 17.8. The van der Waals surface area contributed by atoms with Crippen LogP contribution >= 0.6 is 0 Å². The maximum absolute atomic E-state index is 14.4. The summed E-state index contributed by atoms with van der Waals surface area (Å²) in [6.07, 6.45) is 9.39. The second-order valence-electron chi connectivity index (χ2n) is 6.70. The molecule has 5 heteroatoms. The fourth-order valence-corrected chi connectivity index (χ4v) is 3.50. The molecule has 0 bridgehead atoms. The molecule has 0 unspecified atom stereocenters. The molecule has 1 radical (unpaired) electrons. The summed E-state index contributed by atoms with van der Waals surface area (Å²) in [4.78, 5) is 6.56. The summed E-state index contributed by atoms with van der Waals surface area (Å²) in [7, 11) is 0. The normalized spacial score (nSPS) is 15.3. The molecule has 1 aliphatic rings. The Kier molecular flexibility index (Phi) is 5.07. The summed E-state index contributed by atoms with van der Waals surface area (Å²) in [5, 5.41) is 4.71. The Morgan fingerprint density at radius 3 is 2.58 bits per heavy atom. The van der Waals surface area contributed by atoms with Gasteiger partial charge < -0.3 is 4.90 Å². The van der Waals surface area contributed by atoms with Gasteiger partial charge in [0.05, 0.1) is 6.54 Å². The molecule has 0 amide bonds. The van der Waals surface area contributed by atoms with Crippen LogP contribution in [-0.2, 0) is 6.54 Å². The first-order valence-corrected chi connectivity index (χ1v) is 9.17. The highest BCUT2D eigenvalue weighted by Gasteiger charge is 2.17. The third kappa shape index (κ3) is 3.68. The average Bonchev–Trinajstić information content (AvgIpc) is 3.12. The molecule has 1 aromatic carbocycles. The molecule has 1 aliphatic heterocycles. The van der Waals surface area contributed by atoms with Crippen LogP contribution in [0.5, 0.6) is 0 Å². The smallest absolute Gasteiger partial charge is 0.132 e. The molecule has 4 nitrogen and oxygen atoms in total. The molecule has 1 fully saturated rings. The highest BCUT2D eigenvalue weighted by atomic mass is 19.1. The van der Waals surface area contributed by atoms with Crippen molar-refractivity contribution in [2.45, 2.75) is 25.8 Å². The van der Waals surface area contributed by atoms with Gasteiger partial charge in [0.1, 0.15) is 11.5 Å². The van der Waals surface area contributed by atoms with Crippen LogP contribution < -0.4 is 0 Å². The van der Waals surface area contributed by atoms with E-state index in [4.69, 9.17) is 5.10 Å². The highest BCUT2D eigenvalue weighted by Crippen LogP contribution is 2.32. The number of rotatable bonds is 5. The summed E-state index contributed by atoms with van der Waals surface area (Å²) in [6.45, 7) is 4.10. The number of benzene rings is 1. The quantitative estimate of drug-likeness (QED) is 0.697. The summed E-state index contributed by atoms with van der Waals surface area (Å²) in [5.41, 5.74) is 3.05. The monoisotopic (exact) mass is 349 g/mol. The van der Waals surface area contributed by atoms with E-state index in [2.05, 4.69) is 16.0 Å². The van der Waals surface area contributed by atoms with Gasteiger partial charge in [-0.05, 0) is 61.8 Å². The zero-order valence-corrected chi connectivity index (χ0v) is 14.7. The van der Waals surface area contributed by atoms with E-state index < -0.39 is 0 Å². The van der Waals surface area contributed by atoms with Gasteiger partial charge >= 0.3 is 0 Å². The van der Waals surface area contributed by atoms with Crippen molar-refractivity contribution in [1.82, 2.24) is 19.7 Å². The first-order valence-electron chi connectivity index (χ1n) is 9.17. The Bertz CT molecular complexity index is 853. The van der Waals surface area contributed by atoms with Gasteiger partial charge in [0.2, 0.25) is 0 Å². The zero-order valence-electron chi connectivity index (χ0n) is 14.7. The predicted molar refractivity (Wildman–Crippen MR) is 100.0 cm³/mol. The molecule has 0 spiro atoms. The van der Waals surface area contributed by atoms with Gasteiger partial charge in [-0.25, -0.2) is 4.39 Å². The molecular weight excluding hydrogens is 327 g/mol. The molecule has 1 saturated heterocycles. The molecule has 26 heavy (non-hydrogen) atoms. The summed E-state index contributed by atoms with van der Waals surface area (Å²) < 4.78 is 16.3. The van der Waals surface area contributed by atoms with Crippen LogP contribution in [0.3, 0.4) is 0 Å². The first-order chi connectivity index (χ1) is 12.8. The van der Waals surface area contributed by atoms with Gasteiger partial charge in [-0.15, -0.1) is 0 Å². The number of aromatic nitrogens is 3. The van der Waals surface area contributed by atoms with Crippen molar-refractivity contribution in [3.05, 3.63) is 60.8 Å². The van der Waals surface area contributed by atoms with Gasteiger partial charge in [-0.1, -0.05) is 12.5 Å². The van der Waals surface area contributed by atoms with Crippen molar-refractivity contribution < 1.29 is 4.39 Å². The van der Waals surface area contributed by atoms with Gasteiger partial charge in [-0.3, -0.25) is 9.67 Å². The topological polar surface area (TPSA) is 34.0 Å². The van der Waals surface area contributed by atoms with Crippen LogP contribution in [0.4, 0.5) is 4.39 Å². The number of halogens is 1. The Balaban J connectivity index is 1.65. The van der Waals surface area contributed by atoms with Crippen molar-refractivity contribution in [3.63, 3.8) is 0 Å². The average molecular weight is 349 g/mol. The molecular formula is C21H22FN4. The minimum absolute atomic E-state index is 0.277. The Hall–Kier alpha value is -2.53. The van der Waals surface area contributed by atoms with Gasteiger partial charge in [0.25, 0.3) is 0 Å². The van der Waals surface area contributed by atoms with E-state index in [1.807, 2.05) is 23.0 Å². The van der Waals surface area contributed by atoms with Crippen molar-refractivity contribution in [2.24, 2.45) is 0 Å². The fourth-order valence-electron chi connectivity index (χ4n) is 3.50. The molecule has 0 aliphatic carbocycles. The molecule has 2 aromatic heterocycles.